The molecule has 0 aliphatic carbocycles. The van der Waals surface area contributed by atoms with E-state index in [-0.39, 0.29) is 18.5 Å². The van der Waals surface area contributed by atoms with Gasteiger partial charge in [-0.05, 0) is 19.4 Å². The van der Waals surface area contributed by atoms with Crippen LogP contribution in [0.15, 0.2) is 24.3 Å². The highest BCUT2D eigenvalue weighted by Crippen LogP contribution is 2.23. The molecule has 20 heavy (non-hydrogen) atoms. The van der Waals surface area contributed by atoms with Crippen LogP contribution >= 0.6 is 0 Å². The highest BCUT2D eigenvalue weighted by molar-refractivity contribution is 5.78. The lowest BCUT2D eigenvalue weighted by Crippen LogP contribution is -2.35. The number of methoxy groups -OCH3 is 2. The molecule has 0 saturated carbocycles. The quantitative estimate of drug-likeness (QED) is 0.673. The van der Waals surface area contributed by atoms with Crippen molar-refractivity contribution in [3.63, 3.8) is 0 Å². The predicted octanol–water partition coefficient (Wildman–Crippen LogP) is 1.50. The predicted molar refractivity (Wildman–Crippen MR) is 78.9 cm³/mol. The molecule has 0 heterocycles. The fourth-order valence-corrected chi connectivity index (χ4v) is 1.89. The van der Waals surface area contributed by atoms with Crippen LogP contribution in [0.5, 0.6) is 5.75 Å². The number of nitrogens with one attached hydrogen (secondary N) is 2. The minimum Gasteiger partial charge on any atom is -0.496 e. The summed E-state index contributed by atoms with van der Waals surface area (Å²) in [6.45, 7) is 3.59. The third-order valence-corrected chi connectivity index (χ3v) is 3.02. The Bertz CT molecular complexity index is 410. The van der Waals surface area contributed by atoms with Gasteiger partial charge in [0.05, 0.1) is 13.7 Å². The Morgan fingerprint density at radius 1 is 1.30 bits per heavy atom. The van der Waals surface area contributed by atoms with Crippen LogP contribution in [-0.4, -0.2) is 39.8 Å². The maximum Gasteiger partial charge on any atom is 0.233 e. The van der Waals surface area contributed by atoms with Crippen molar-refractivity contribution in [3.05, 3.63) is 29.8 Å². The monoisotopic (exact) mass is 280 g/mol. The van der Waals surface area contributed by atoms with Gasteiger partial charge in [-0.15, -0.1) is 0 Å². The molecule has 0 aromatic heterocycles. The number of hydrogen-bond donors (Lipinski definition) is 2. The van der Waals surface area contributed by atoms with Crippen molar-refractivity contribution in [1.29, 1.82) is 0 Å². The third-order valence-electron chi connectivity index (χ3n) is 3.02. The van der Waals surface area contributed by atoms with Gasteiger partial charge in [0.25, 0.3) is 0 Å². The summed E-state index contributed by atoms with van der Waals surface area (Å²) in [7, 11) is 3.30. The summed E-state index contributed by atoms with van der Waals surface area (Å²) in [5, 5.41) is 6.03. The molecular formula is C15H24N2O3. The van der Waals surface area contributed by atoms with E-state index in [2.05, 4.69) is 10.6 Å². The molecule has 1 rings (SSSR count). The summed E-state index contributed by atoms with van der Waals surface area (Å²) >= 11 is 0. The van der Waals surface area contributed by atoms with Crippen LogP contribution < -0.4 is 15.4 Å². The second-order valence-corrected chi connectivity index (χ2v) is 4.54. The Labute approximate surface area is 120 Å². The number of ether oxygens (including phenoxy) is 2. The minimum atomic E-state index is -0.0112. The maximum absolute atomic E-state index is 11.7. The number of amides is 1. The standard InChI is InChI=1S/C15H24N2O3/c1-12(13-7-4-5-8-14(13)20-3)17-11-15(18)16-9-6-10-19-2/h4-5,7-8,12,17H,6,9-11H2,1-3H3,(H,16,18)/t12-/m0/s1. The maximum atomic E-state index is 11.7. The van der Waals surface area contributed by atoms with Crippen LogP contribution in [0.1, 0.15) is 24.9 Å². The average Bonchev–Trinajstić information content (AvgIpc) is 2.49. The number of benzene rings is 1. The summed E-state index contributed by atoms with van der Waals surface area (Å²) < 4.78 is 10.2. The molecule has 1 atom stereocenters. The van der Waals surface area contributed by atoms with Crippen molar-refractivity contribution in [3.8, 4) is 5.75 Å². The zero-order valence-corrected chi connectivity index (χ0v) is 12.4. The molecule has 5 heteroatoms. The van der Waals surface area contributed by atoms with Crippen LogP contribution in [-0.2, 0) is 9.53 Å². The second kappa shape index (κ2) is 9.34. The molecule has 0 bridgehead atoms. The number of rotatable bonds is 9. The first-order valence-corrected chi connectivity index (χ1v) is 6.81. The first-order chi connectivity index (χ1) is 9.69. The van der Waals surface area contributed by atoms with Crippen molar-refractivity contribution in [1.82, 2.24) is 10.6 Å². The van der Waals surface area contributed by atoms with Gasteiger partial charge in [0, 0.05) is 31.9 Å². The summed E-state index contributed by atoms with van der Waals surface area (Å²) in [4.78, 5) is 11.7. The highest BCUT2D eigenvalue weighted by atomic mass is 16.5. The zero-order chi connectivity index (χ0) is 14.8. The van der Waals surface area contributed by atoms with E-state index < -0.39 is 0 Å². The average molecular weight is 280 g/mol. The Morgan fingerprint density at radius 2 is 2.05 bits per heavy atom. The molecule has 1 aromatic carbocycles. The Hall–Kier alpha value is -1.59. The second-order valence-electron chi connectivity index (χ2n) is 4.54. The normalized spacial score (nSPS) is 11.9. The Balaban J connectivity index is 2.35. The Morgan fingerprint density at radius 3 is 2.75 bits per heavy atom. The third kappa shape index (κ3) is 5.59. The summed E-state index contributed by atoms with van der Waals surface area (Å²) in [6.07, 6.45) is 0.824. The van der Waals surface area contributed by atoms with Crippen LogP contribution in [0.3, 0.4) is 0 Å². The lowest BCUT2D eigenvalue weighted by Gasteiger charge is -2.17. The van der Waals surface area contributed by atoms with E-state index >= 15 is 0 Å². The van der Waals surface area contributed by atoms with Gasteiger partial charge in [0.2, 0.25) is 5.91 Å². The van der Waals surface area contributed by atoms with E-state index in [1.807, 2.05) is 31.2 Å². The number of hydrogen-bond acceptors (Lipinski definition) is 4. The smallest absolute Gasteiger partial charge is 0.233 e. The van der Waals surface area contributed by atoms with Gasteiger partial charge in [0.15, 0.2) is 0 Å². The molecule has 0 aliphatic heterocycles. The first kappa shape index (κ1) is 16.5. The topological polar surface area (TPSA) is 59.6 Å². The number of carbonyl (C=O) groups excluding carboxylic acids is 1. The molecular weight excluding hydrogens is 256 g/mol. The van der Waals surface area contributed by atoms with Crippen LogP contribution in [0.25, 0.3) is 0 Å². The van der Waals surface area contributed by atoms with E-state index in [1.165, 1.54) is 0 Å². The van der Waals surface area contributed by atoms with Gasteiger partial charge in [0.1, 0.15) is 5.75 Å². The minimum absolute atomic E-state index is 0.0112. The van der Waals surface area contributed by atoms with Gasteiger partial charge in [-0.3, -0.25) is 4.79 Å². The fourth-order valence-electron chi connectivity index (χ4n) is 1.89. The van der Waals surface area contributed by atoms with Crippen molar-refractivity contribution < 1.29 is 14.3 Å². The van der Waals surface area contributed by atoms with E-state index in [0.717, 1.165) is 17.7 Å². The van der Waals surface area contributed by atoms with Crippen LogP contribution in [0, 0.1) is 0 Å². The molecule has 0 aliphatic rings. The van der Waals surface area contributed by atoms with Crippen LogP contribution in [0.2, 0.25) is 0 Å². The molecule has 1 aromatic rings. The highest BCUT2D eigenvalue weighted by Gasteiger charge is 2.11. The van der Waals surface area contributed by atoms with E-state index in [1.54, 1.807) is 14.2 Å². The summed E-state index contributed by atoms with van der Waals surface area (Å²) in [5.41, 5.74) is 1.04. The fraction of sp³-hybridized carbons (Fsp3) is 0.533. The van der Waals surface area contributed by atoms with E-state index in [9.17, 15) is 4.79 Å². The van der Waals surface area contributed by atoms with Gasteiger partial charge in [-0.2, -0.15) is 0 Å². The van der Waals surface area contributed by atoms with Crippen molar-refractivity contribution in [2.75, 3.05) is 33.9 Å². The van der Waals surface area contributed by atoms with Gasteiger partial charge >= 0.3 is 0 Å². The molecule has 5 nitrogen and oxygen atoms in total. The molecule has 0 unspecified atom stereocenters. The first-order valence-electron chi connectivity index (χ1n) is 6.81. The zero-order valence-electron chi connectivity index (χ0n) is 12.4. The molecule has 0 spiro atoms. The van der Waals surface area contributed by atoms with E-state index in [4.69, 9.17) is 9.47 Å². The SMILES string of the molecule is COCCCNC(=O)CN[C@@H](C)c1ccccc1OC. The molecule has 112 valence electrons. The summed E-state index contributed by atoms with van der Waals surface area (Å²) in [6, 6.07) is 7.85. The van der Waals surface area contributed by atoms with Crippen LogP contribution in [0.4, 0.5) is 0 Å². The molecule has 0 fully saturated rings. The van der Waals surface area contributed by atoms with Gasteiger partial charge in [-0.25, -0.2) is 0 Å². The van der Waals surface area contributed by atoms with Crippen molar-refractivity contribution in [2.24, 2.45) is 0 Å². The lowest BCUT2D eigenvalue weighted by molar-refractivity contribution is -0.120. The summed E-state index contributed by atoms with van der Waals surface area (Å²) in [5.74, 6) is 0.816. The lowest BCUT2D eigenvalue weighted by atomic mass is 10.1. The largest absolute Gasteiger partial charge is 0.496 e. The molecule has 2 N–H and O–H groups in total. The molecule has 0 saturated heterocycles. The number of carbonyl (C=O) groups is 1. The molecule has 0 radical (unpaired) electrons. The Kier molecular flexibility index (Phi) is 7.69. The van der Waals surface area contributed by atoms with Gasteiger partial charge < -0.3 is 20.1 Å². The van der Waals surface area contributed by atoms with E-state index in [0.29, 0.717) is 13.2 Å². The van der Waals surface area contributed by atoms with Gasteiger partial charge in [-0.1, -0.05) is 18.2 Å². The number of para-hydroxylation sites is 1. The van der Waals surface area contributed by atoms with Crippen molar-refractivity contribution >= 4 is 5.91 Å². The molecule has 1 amide bonds. The van der Waals surface area contributed by atoms with Crippen molar-refractivity contribution in [2.45, 2.75) is 19.4 Å².